The molecule has 0 saturated carbocycles. The highest BCUT2D eigenvalue weighted by Gasteiger charge is 2.29. The van der Waals surface area contributed by atoms with Gasteiger partial charge in [-0.1, -0.05) is 29.8 Å². The molecule has 0 heterocycles. The Kier molecular flexibility index (Phi) is 4.75. The molecule has 6 heteroatoms. The second-order valence-corrected chi connectivity index (χ2v) is 4.94. The van der Waals surface area contributed by atoms with E-state index >= 15 is 0 Å². The van der Waals surface area contributed by atoms with E-state index < -0.39 is 11.7 Å². The van der Waals surface area contributed by atoms with Gasteiger partial charge in [0.15, 0.2) is 0 Å². The molecule has 2 aromatic carbocycles. The Morgan fingerprint density at radius 1 is 1.00 bits per heavy atom. The maximum absolute atomic E-state index is 12.4. The number of phenols is 1. The number of alkyl halides is 3. The SMILES string of the molecule is Oc1cccc(Cl)c1CNCc1ccc(C(F)(F)F)cc1. The highest BCUT2D eigenvalue weighted by Crippen LogP contribution is 2.29. The Bertz CT molecular complexity index is 591. The Morgan fingerprint density at radius 3 is 2.24 bits per heavy atom. The lowest BCUT2D eigenvalue weighted by molar-refractivity contribution is -0.137. The van der Waals surface area contributed by atoms with Crippen LogP contribution in [0.25, 0.3) is 0 Å². The molecule has 0 amide bonds. The van der Waals surface area contributed by atoms with Crippen molar-refractivity contribution in [1.29, 1.82) is 0 Å². The minimum absolute atomic E-state index is 0.0856. The quantitative estimate of drug-likeness (QED) is 0.879. The zero-order valence-corrected chi connectivity index (χ0v) is 11.7. The van der Waals surface area contributed by atoms with Crippen molar-refractivity contribution in [2.24, 2.45) is 0 Å². The molecule has 0 spiro atoms. The van der Waals surface area contributed by atoms with Crippen LogP contribution in [0.15, 0.2) is 42.5 Å². The summed E-state index contributed by atoms with van der Waals surface area (Å²) in [4.78, 5) is 0. The van der Waals surface area contributed by atoms with Crippen molar-refractivity contribution in [3.8, 4) is 5.75 Å². The van der Waals surface area contributed by atoms with Gasteiger partial charge >= 0.3 is 6.18 Å². The van der Waals surface area contributed by atoms with Gasteiger partial charge in [-0.3, -0.25) is 0 Å². The van der Waals surface area contributed by atoms with Crippen LogP contribution >= 0.6 is 11.6 Å². The average molecular weight is 316 g/mol. The molecule has 0 aromatic heterocycles. The molecule has 0 unspecified atom stereocenters. The number of hydrogen-bond acceptors (Lipinski definition) is 2. The zero-order valence-electron chi connectivity index (χ0n) is 10.9. The van der Waals surface area contributed by atoms with Crippen molar-refractivity contribution in [2.45, 2.75) is 19.3 Å². The first-order valence-corrected chi connectivity index (χ1v) is 6.59. The maximum atomic E-state index is 12.4. The van der Waals surface area contributed by atoms with Crippen LogP contribution in [0.4, 0.5) is 13.2 Å². The van der Waals surface area contributed by atoms with Crippen LogP contribution in [0.1, 0.15) is 16.7 Å². The van der Waals surface area contributed by atoms with Gasteiger partial charge in [-0.05, 0) is 29.8 Å². The Morgan fingerprint density at radius 2 is 1.67 bits per heavy atom. The molecule has 2 rings (SSSR count). The van der Waals surface area contributed by atoms with Crippen LogP contribution in [-0.2, 0) is 19.3 Å². The van der Waals surface area contributed by atoms with Gasteiger partial charge in [0, 0.05) is 23.7 Å². The molecule has 2 aromatic rings. The fourth-order valence-electron chi connectivity index (χ4n) is 1.87. The number of rotatable bonds is 4. The molecule has 0 bridgehead atoms. The number of halogens is 4. The summed E-state index contributed by atoms with van der Waals surface area (Å²) < 4.78 is 37.3. The van der Waals surface area contributed by atoms with E-state index in [1.165, 1.54) is 18.2 Å². The van der Waals surface area contributed by atoms with Crippen LogP contribution in [0.5, 0.6) is 5.75 Å². The smallest absolute Gasteiger partial charge is 0.416 e. The van der Waals surface area contributed by atoms with E-state index in [9.17, 15) is 18.3 Å². The average Bonchev–Trinajstić information content (AvgIpc) is 2.42. The summed E-state index contributed by atoms with van der Waals surface area (Å²) in [6.45, 7) is 0.704. The van der Waals surface area contributed by atoms with Crippen LogP contribution < -0.4 is 5.32 Å². The third-order valence-corrected chi connectivity index (χ3v) is 3.36. The van der Waals surface area contributed by atoms with Crippen LogP contribution in [-0.4, -0.2) is 5.11 Å². The molecule has 0 atom stereocenters. The number of nitrogens with one attached hydrogen (secondary N) is 1. The number of hydrogen-bond donors (Lipinski definition) is 2. The monoisotopic (exact) mass is 315 g/mol. The normalized spacial score (nSPS) is 11.6. The fraction of sp³-hybridized carbons (Fsp3) is 0.200. The summed E-state index contributed by atoms with van der Waals surface area (Å²) in [5.41, 5.74) is 0.607. The second kappa shape index (κ2) is 6.37. The molecule has 0 aliphatic carbocycles. The lowest BCUT2D eigenvalue weighted by Gasteiger charge is -2.10. The van der Waals surface area contributed by atoms with Crippen molar-refractivity contribution in [2.75, 3.05) is 0 Å². The molecular weight excluding hydrogens is 303 g/mol. The topological polar surface area (TPSA) is 32.3 Å². The highest BCUT2D eigenvalue weighted by atomic mass is 35.5. The van der Waals surface area contributed by atoms with Crippen molar-refractivity contribution in [3.05, 3.63) is 64.2 Å². The Hall–Kier alpha value is -1.72. The third-order valence-electron chi connectivity index (χ3n) is 3.01. The molecule has 0 aliphatic heterocycles. The largest absolute Gasteiger partial charge is 0.508 e. The van der Waals surface area contributed by atoms with Crippen molar-refractivity contribution < 1.29 is 18.3 Å². The first-order valence-electron chi connectivity index (χ1n) is 6.21. The first kappa shape index (κ1) is 15.7. The third kappa shape index (κ3) is 4.12. The van der Waals surface area contributed by atoms with E-state index in [1.54, 1.807) is 12.1 Å². The minimum Gasteiger partial charge on any atom is -0.508 e. The van der Waals surface area contributed by atoms with Gasteiger partial charge in [0.2, 0.25) is 0 Å². The van der Waals surface area contributed by atoms with Gasteiger partial charge in [-0.2, -0.15) is 13.2 Å². The maximum Gasteiger partial charge on any atom is 0.416 e. The van der Waals surface area contributed by atoms with Crippen LogP contribution in [0.3, 0.4) is 0 Å². The number of benzene rings is 2. The van der Waals surface area contributed by atoms with Crippen molar-refractivity contribution >= 4 is 11.6 Å². The van der Waals surface area contributed by atoms with E-state index in [-0.39, 0.29) is 5.75 Å². The highest BCUT2D eigenvalue weighted by molar-refractivity contribution is 6.31. The van der Waals surface area contributed by atoms with Crippen LogP contribution in [0, 0.1) is 0 Å². The van der Waals surface area contributed by atoms with Gasteiger partial charge in [0.25, 0.3) is 0 Å². The van der Waals surface area contributed by atoms with E-state index in [1.807, 2.05) is 0 Å². The van der Waals surface area contributed by atoms with Gasteiger partial charge in [-0.25, -0.2) is 0 Å². The summed E-state index contributed by atoms with van der Waals surface area (Å²) >= 11 is 5.96. The van der Waals surface area contributed by atoms with Gasteiger partial charge in [0.05, 0.1) is 5.56 Å². The molecule has 2 N–H and O–H groups in total. The predicted molar refractivity (Wildman–Crippen MR) is 75.1 cm³/mol. The Balaban J connectivity index is 1.95. The van der Waals surface area contributed by atoms with Crippen molar-refractivity contribution in [3.63, 3.8) is 0 Å². The van der Waals surface area contributed by atoms with E-state index in [0.29, 0.717) is 23.7 Å². The van der Waals surface area contributed by atoms with Gasteiger partial charge in [-0.15, -0.1) is 0 Å². The van der Waals surface area contributed by atoms with E-state index in [4.69, 9.17) is 11.6 Å². The summed E-state index contributed by atoms with van der Waals surface area (Å²) in [6, 6.07) is 9.76. The second-order valence-electron chi connectivity index (χ2n) is 4.54. The minimum atomic E-state index is -4.32. The lowest BCUT2D eigenvalue weighted by atomic mass is 10.1. The predicted octanol–water partition coefficient (Wildman–Crippen LogP) is 4.35. The summed E-state index contributed by atoms with van der Waals surface area (Å²) in [7, 11) is 0. The van der Waals surface area contributed by atoms with Crippen molar-refractivity contribution in [1.82, 2.24) is 5.32 Å². The van der Waals surface area contributed by atoms with E-state index in [2.05, 4.69) is 5.32 Å². The molecule has 0 fully saturated rings. The molecule has 2 nitrogen and oxygen atoms in total. The molecule has 112 valence electrons. The Labute approximate surface area is 125 Å². The van der Waals surface area contributed by atoms with Gasteiger partial charge < -0.3 is 10.4 Å². The van der Waals surface area contributed by atoms with Gasteiger partial charge in [0.1, 0.15) is 5.75 Å². The fourth-order valence-corrected chi connectivity index (χ4v) is 2.10. The molecular formula is C15H13ClF3NO. The lowest BCUT2D eigenvalue weighted by Crippen LogP contribution is -2.13. The van der Waals surface area contributed by atoms with E-state index in [0.717, 1.165) is 17.7 Å². The summed E-state index contributed by atoms with van der Waals surface area (Å²) in [5.74, 6) is 0.0856. The molecule has 0 saturated heterocycles. The first-order chi connectivity index (χ1) is 9.88. The number of phenolic OH excluding ortho intramolecular Hbond substituents is 1. The molecule has 21 heavy (non-hydrogen) atoms. The summed E-state index contributed by atoms with van der Waals surface area (Å²) in [6.07, 6.45) is -4.32. The molecule has 0 aliphatic rings. The molecule has 0 radical (unpaired) electrons. The van der Waals surface area contributed by atoms with Crippen LogP contribution in [0.2, 0.25) is 5.02 Å². The standard InChI is InChI=1S/C15H13ClF3NO/c16-13-2-1-3-14(21)12(13)9-20-8-10-4-6-11(7-5-10)15(17,18)19/h1-7,20-21H,8-9H2. The number of aromatic hydroxyl groups is 1. The summed E-state index contributed by atoms with van der Waals surface area (Å²) in [5, 5.41) is 13.1. The zero-order chi connectivity index (χ0) is 15.5.